The van der Waals surface area contributed by atoms with E-state index in [1.807, 2.05) is 44.1 Å². The number of esters is 1. The molecule has 0 fully saturated rings. The smallest absolute Gasteiger partial charge is 0.357 e. The van der Waals surface area contributed by atoms with Crippen molar-refractivity contribution in [2.45, 2.75) is 96.9 Å². The lowest BCUT2D eigenvalue weighted by Crippen LogP contribution is -2.68. The van der Waals surface area contributed by atoms with Gasteiger partial charge in [-0.3, -0.25) is 9.47 Å². The van der Waals surface area contributed by atoms with Crippen LogP contribution in [0.2, 0.25) is 30.7 Å². The zero-order chi connectivity index (χ0) is 57.0. The summed E-state index contributed by atoms with van der Waals surface area (Å²) in [6, 6.07) is 37.6. The summed E-state index contributed by atoms with van der Waals surface area (Å²) in [7, 11) is 7.65. The van der Waals surface area contributed by atoms with E-state index in [0.717, 1.165) is 44.5 Å². The largest absolute Gasteiger partial charge is 0.491 e. The molecular weight excluding hydrogens is 1060 g/mol. The second kappa shape index (κ2) is 27.0. The van der Waals surface area contributed by atoms with Crippen molar-refractivity contribution in [3.8, 4) is 17.6 Å². The number of carbonyl (C=O) groups excluding carboxylic acids is 1. The summed E-state index contributed by atoms with van der Waals surface area (Å²) < 4.78 is 44.5. The van der Waals surface area contributed by atoms with Crippen molar-refractivity contribution >= 4 is 82.4 Å². The van der Waals surface area contributed by atoms with Crippen molar-refractivity contribution in [2.75, 3.05) is 80.1 Å². The number of rotatable bonds is 25. The van der Waals surface area contributed by atoms with E-state index in [-0.39, 0.29) is 29.2 Å². The number of benzene rings is 4. The van der Waals surface area contributed by atoms with Crippen molar-refractivity contribution in [2.24, 2.45) is 4.99 Å². The molecule has 3 heterocycles. The van der Waals surface area contributed by atoms with E-state index in [1.54, 1.807) is 23.5 Å². The lowest BCUT2D eigenvalue weighted by atomic mass is 10.1. The number of carbonyl (C=O) groups is 1. The molecule has 0 saturated heterocycles. The average molecular weight is 1140 g/mol. The number of para-hydroxylation sites is 1. The predicted octanol–water partition coefficient (Wildman–Crippen LogP) is 11.2. The number of nitrogens with zero attached hydrogens (tertiary/aromatic N) is 8. The highest BCUT2D eigenvalue weighted by Gasteiger charge is 2.52. The second-order valence-corrected chi connectivity index (χ2v) is 35.5. The van der Waals surface area contributed by atoms with Crippen LogP contribution >= 0.6 is 22.7 Å². The molecule has 18 heteroatoms. The molecule has 13 nitrogen and oxygen atoms in total. The topological polar surface area (TPSA) is 116 Å². The molecule has 0 amide bonds. The Morgan fingerprint density at radius 3 is 2.19 bits per heavy atom. The number of methoxy groups -OCH3 is 1. The van der Waals surface area contributed by atoms with E-state index in [4.69, 9.17) is 38.8 Å². The number of halogens is 1. The van der Waals surface area contributed by atoms with Crippen molar-refractivity contribution in [3.63, 3.8) is 0 Å². The molecule has 7 rings (SSSR count). The molecule has 0 saturated carbocycles. The first-order chi connectivity index (χ1) is 37.5. The van der Waals surface area contributed by atoms with Gasteiger partial charge >= 0.3 is 5.97 Å². The summed E-state index contributed by atoms with van der Waals surface area (Å²) in [5, 5.41) is 12.5. The van der Waals surface area contributed by atoms with Crippen LogP contribution in [0.25, 0.3) is 10.2 Å². The molecule has 0 bridgehead atoms. The van der Waals surface area contributed by atoms with Gasteiger partial charge in [0, 0.05) is 31.7 Å². The average Bonchev–Trinajstić information content (AvgIpc) is 4.17. The zero-order valence-corrected chi connectivity index (χ0v) is 52.2. The molecule has 0 spiro atoms. The minimum atomic E-state index is -2.93. The first-order valence-corrected chi connectivity index (χ1v) is 34.4. The van der Waals surface area contributed by atoms with E-state index in [1.165, 1.54) is 34.9 Å². The zero-order valence-electron chi connectivity index (χ0n) is 48.6. The monoisotopic (exact) mass is 1140 g/mol. The van der Waals surface area contributed by atoms with Crippen LogP contribution in [0.15, 0.2) is 114 Å². The van der Waals surface area contributed by atoms with Gasteiger partial charge in [-0.2, -0.15) is 4.99 Å². The highest BCUT2D eigenvalue weighted by molar-refractivity contribution is 7.16. The fourth-order valence-electron chi connectivity index (χ4n) is 9.38. The molecular formula is C61H80FN8O5S2Si2+. The number of anilines is 2. The SMILES string of the molecule is COC(=O)c1nc(N(CCCC(C[N+](C)(C)C)O[Si](c2ccccc2)(c2ccccc2)C(C)(C)C)c2cc(C)c(N=c3sc4ccccc4n3COCC[Si](C)(C)C)nn2)sc1CCCOc1ccc(C#CCN(C)C)cc1F. The fourth-order valence-corrected chi connectivity index (χ4v) is 17.0. The van der Waals surface area contributed by atoms with Gasteiger partial charge in [0.25, 0.3) is 8.32 Å². The maximum atomic E-state index is 15.2. The van der Waals surface area contributed by atoms with Crippen LogP contribution in [0.5, 0.6) is 5.75 Å². The number of likely N-dealkylation sites (N-methyl/N-ethyl adjacent to an activating group) is 1. The number of hydrogen-bond donors (Lipinski definition) is 0. The van der Waals surface area contributed by atoms with E-state index in [0.29, 0.717) is 72.5 Å². The van der Waals surface area contributed by atoms with Crippen molar-refractivity contribution in [1.29, 1.82) is 0 Å². The van der Waals surface area contributed by atoms with Gasteiger partial charge < -0.3 is 28.0 Å². The van der Waals surface area contributed by atoms with Gasteiger partial charge in [-0.25, -0.2) is 14.2 Å². The van der Waals surface area contributed by atoms with Crippen LogP contribution in [0.3, 0.4) is 0 Å². The Morgan fingerprint density at radius 1 is 0.886 bits per heavy atom. The van der Waals surface area contributed by atoms with Crippen LogP contribution in [0.1, 0.15) is 66.5 Å². The van der Waals surface area contributed by atoms with Gasteiger partial charge in [-0.05, 0) is 110 Å². The van der Waals surface area contributed by atoms with E-state index in [9.17, 15) is 4.79 Å². The summed E-state index contributed by atoms with van der Waals surface area (Å²) in [5.41, 5.74) is 2.66. The Bertz CT molecular complexity index is 3230. The van der Waals surface area contributed by atoms with Gasteiger partial charge in [0.1, 0.15) is 13.3 Å². The van der Waals surface area contributed by atoms with Crippen LogP contribution < -0.4 is 24.8 Å². The van der Waals surface area contributed by atoms with E-state index >= 15 is 4.39 Å². The normalized spacial score (nSPS) is 12.9. The molecule has 79 heavy (non-hydrogen) atoms. The van der Waals surface area contributed by atoms with Crippen LogP contribution in [-0.2, 0) is 27.1 Å². The third kappa shape index (κ3) is 16.4. The maximum Gasteiger partial charge on any atom is 0.357 e. The number of hydrogen-bond acceptors (Lipinski definition) is 13. The third-order valence-electron chi connectivity index (χ3n) is 13.3. The Hall–Kier alpha value is -5.89. The van der Waals surface area contributed by atoms with E-state index in [2.05, 4.69) is 156 Å². The number of aryl methyl sites for hydroxylation is 2. The standard InChI is InChI=1S/C61H80FN8O5S2Si2/c1-45-41-55(65-66-57(45)64-60-69(44-73-39-40-78(11,12)13)51-31-20-21-32-53(51)76-60)68(59-63-56(58(71)72-10)54(77-59)33-24-38-74-52-35-34-46(42-50(52)62)25-22-36-67(5)6)37-23-26-47(43-70(7,8)9)75-79(61(2,3)4,48-27-16-14-17-28-48)49-29-18-15-19-30-49/h14-21,27-32,34-35,41-42,47H,23-24,26,33,36-40,43-44H2,1-13H3/q+1. The van der Waals surface area contributed by atoms with Crippen LogP contribution in [-0.4, -0.2) is 133 Å². The molecule has 4 aromatic carbocycles. The lowest BCUT2D eigenvalue weighted by Gasteiger charge is -2.46. The summed E-state index contributed by atoms with van der Waals surface area (Å²) in [5.74, 6) is 6.21. The Morgan fingerprint density at radius 2 is 1.57 bits per heavy atom. The van der Waals surface area contributed by atoms with Gasteiger partial charge in [0.15, 0.2) is 38.8 Å². The first kappa shape index (κ1) is 60.7. The number of ether oxygens (including phenoxy) is 3. The maximum absolute atomic E-state index is 15.2. The second-order valence-electron chi connectivity index (χ2n) is 23.5. The summed E-state index contributed by atoms with van der Waals surface area (Å²) in [6.45, 7) is 19.1. The Labute approximate surface area is 477 Å². The quantitative estimate of drug-likeness (QED) is 0.0180. The molecule has 1 unspecified atom stereocenters. The third-order valence-corrected chi connectivity index (χ3v) is 22.3. The number of fused-ring (bicyclic) bond motifs is 1. The Balaban J connectivity index is 1.22. The number of aromatic nitrogens is 4. The molecule has 0 aliphatic carbocycles. The molecule has 1 atom stereocenters. The molecule has 0 radical (unpaired) electrons. The lowest BCUT2D eigenvalue weighted by molar-refractivity contribution is -0.873. The minimum absolute atomic E-state index is 0.135. The van der Waals surface area contributed by atoms with E-state index < -0.39 is 28.2 Å². The van der Waals surface area contributed by atoms with Gasteiger partial charge in [-0.1, -0.05) is 136 Å². The van der Waals surface area contributed by atoms with Crippen LogP contribution in [0.4, 0.5) is 21.2 Å². The highest BCUT2D eigenvalue weighted by Crippen LogP contribution is 2.39. The minimum Gasteiger partial charge on any atom is -0.491 e. The van der Waals surface area contributed by atoms with Gasteiger partial charge in [0.05, 0.1) is 57.7 Å². The van der Waals surface area contributed by atoms with Crippen LogP contribution in [0, 0.1) is 24.6 Å². The predicted molar refractivity (Wildman–Crippen MR) is 327 cm³/mol. The molecule has 7 aromatic rings. The molecule has 3 aromatic heterocycles. The number of thiazole rings is 2. The van der Waals surface area contributed by atoms with Crippen molar-refractivity contribution in [1.82, 2.24) is 24.6 Å². The number of quaternary nitrogens is 1. The van der Waals surface area contributed by atoms with Gasteiger partial charge in [-0.15, -0.1) is 21.5 Å². The summed E-state index contributed by atoms with van der Waals surface area (Å²) in [4.78, 5) is 29.2. The highest BCUT2D eigenvalue weighted by atomic mass is 32.1. The van der Waals surface area contributed by atoms with Crippen molar-refractivity contribution in [3.05, 3.63) is 142 Å². The summed E-state index contributed by atoms with van der Waals surface area (Å²) >= 11 is 2.99. The summed E-state index contributed by atoms with van der Waals surface area (Å²) in [6.07, 6.45) is 2.20. The first-order valence-electron chi connectivity index (χ1n) is 27.1. The molecule has 0 aliphatic rings. The molecule has 0 aliphatic heterocycles. The molecule has 420 valence electrons. The molecule has 0 N–H and O–H groups in total. The van der Waals surface area contributed by atoms with Gasteiger partial charge in [0.2, 0.25) is 0 Å². The van der Waals surface area contributed by atoms with Crippen molar-refractivity contribution < 1.29 is 32.3 Å². The fraction of sp³-hybridized carbons (Fsp3) is 0.426. The Kier molecular flexibility index (Phi) is 20.8.